The monoisotopic (exact) mass is 370 g/mol. The molecule has 5 heteroatoms. The molecular formula is C22H30N2O3. The minimum atomic E-state index is -0.285. The van der Waals surface area contributed by atoms with Gasteiger partial charge in [-0.2, -0.15) is 0 Å². The van der Waals surface area contributed by atoms with E-state index >= 15 is 0 Å². The molecule has 0 radical (unpaired) electrons. The second-order valence-electron chi connectivity index (χ2n) is 9.06. The van der Waals surface area contributed by atoms with E-state index in [1.54, 1.807) is 14.0 Å². The lowest BCUT2D eigenvalue weighted by molar-refractivity contribution is -0.153. The first kappa shape index (κ1) is 18.3. The lowest BCUT2D eigenvalue weighted by atomic mass is 9.46. The molecule has 4 aliphatic carbocycles. The normalized spacial score (nSPS) is 33.6. The summed E-state index contributed by atoms with van der Waals surface area (Å²) in [6, 6.07) is 7.99. The maximum absolute atomic E-state index is 13.2. The second-order valence-corrected chi connectivity index (χ2v) is 9.06. The summed E-state index contributed by atoms with van der Waals surface area (Å²) in [5, 5.41) is 6.43. The number of carbonyl (C=O) groups is 2. The number of ether oxygens (including phenoxy) is 1. The fourth-order valence-electron chi connectivity index (χ4n) is 6.35. The van der Waals surface area contributed by atoms with Crippen LogP contribution in [-0.4, -0.2) is 31.0 Å². The van der Waals surface area contributed by atoms with Gasteiger partial charge in [0.1, 0.15) is 5.75 Å². The summed E-state index contributed by atoms with van der Waals surface area (Å²) in [6.45, 7) is 2.25. The van der Waals surface area contributed by atoms with Crippen LogP contribution < -0.4 is 15.4 Å². The van der Waals surface area contributed by atoms with Gasteiger partial charge in [0, 0.05) is 19.0 Å². The Balaban J connectivity index is 1.39. The first-order valence-electron chi connectivity index (χ1n) is 10.1. The van der Waals surface area contributed by atoms with Crippen molar-refractivity contribution in [2.24, 2.45) is 17.3 Å². The topological polar surface area (TPSA) is 67.4 Å². The summed E-state index contributed by atoms with van der Waals surface area (Å²) >= 11 is 0. The van der Waals surface area contributed by atoms with Crippen molar-refractivity contribution >= 4 is 11.8 Å². The third kappa shape index (κ3) is 3.56. The van der Waals surface area contributed by atoms with Gasteiger partial charge in [0.05, 0.1) is 12.5 Å². The van der Waals surface area contributed by atoms with Crippen LogP contribution in [-0.2, 0) is 16.0 Å². The maximum atomic E-state index is 13.2. The predicted molar refractivity (Wildman–Crippen MR) is 103 cm³/mol. The van der Waals surface area contributed by atoms with Crippen LogP contribution in [0.4, 0.5) is 0 Å². The minimum absolute atomic E-state index is 0.0343. The highest BCUT2D eigenvalue weighted by Crippen LogP contribution is 2.61. The second kappa shape index (κ2) is 6.84. The summed E-state index contributed by atoms with van der Waals surface area (Å²) < 4.78 is 5.19. The number of methoxy groups -OCH3 is 1. The third-order valence-electron chi connectivity index (χ3n) is 6.84. The Hall–Kier alpha value is -2.04. The first-order chi connectivity index (χ1) is 12.9. The summed E-state index contributed by atoms with van der Waals surface area (Å²) in [5.74, 6) is 2.22. The van der Waals surface area contributed by atoms with Crippen molar-refractivity contribution in [1.82, 2.24) is 10.6 Å². The average Bonchev–Trinajstić information content (AvgIpc) is 2.60. The van der Waals surface area contributed by atoms with E-state index < -0.39 is 0 Å². The Bertz CT molecular complexity index is 714. The van der Waals surface area contributed by atoms with Crippen LogP contribution >= 0.6 is 0 Å². The van der Waals surface area contributed by atoms with Crippen LogP contribution in [0.1, 0.15) is 51.0 Å². The fourth-order valence-corrected chi connectivity index (χ4v) is 6.35. The molecule has 27 heavy (non-hydrogen) atoms. The Labute approximate surface area is 161 Å². The van der Waals surface area contributed by atoms with E-state index in [0.717, 1.165) is 44.3 Å². The van der Waals surface area contributed by atoms with Gasteiger partial charge in [0.25, 0.3) is 0 Å². The standard InChI is InChI=1S/C22H30N2O3/c1-15(25)24-22-12-17-9-18(13-22)11-21(10-17,14-22)20(26)23-8-7-16-3-5-19(27-2)6-4-16/h3-6,17-18H,7-14H2,1-2H3,(H,23,26)(H,24,25)/t17-,18+,21?,22?. The van der Waals surface area contributed by atoms with Gasteiger partial charge in [-0.05, 0) is 74.5 Å². The van der Waals surface area contributed by atoms with Crippen molar-refractivity contribution in [1.29, 1.82) is 0 Å². The van der Waals surface area contributed by atoms with Crippen LogP contribution in [0.15, 0.2) is 24.3 Å². The van der Waals surface area contributed by atoms with Gasteiger partial charge >= 0.3 is 0 Å². The molecule has 5 rings (SSSR count). The predicted octanol–water partition coefficient (Wildman–Crippen LogP) is 2.83. The molecule has 0 spiro atoms. The highest BCUT2D eigenvalue weighted by atomic mass is 16.5. The zero-order chi connectivity index (χ0) is 19.1. The van der Waals surface area contributed by atoms with E-state index in [4.69, 9.17) is 4.74 Å². The smallest absolute Gasteiger partial charge is 0.226 e. The molecule has 4 bridgehead atoms. The number of benzene rings is 1. The van der Waals surface area contributed by atoms with Crippen LogP contribution in [0.5, 0.6) is 5.75 Å². The Morgan fingerprint density at radius 3 is 2.37 bits per heavy atom. The molecular weight excluding hydrogens is 340 g/mol. The number of rotatable bonds is 6. The lowest BCUT2D eigenvalue weighted by Crippen LogP contribution is -2.65. The van der Waals surface area contributed by atoms with Gasteiger partial charge in [-0.1, -0.05) is 12.1 Å². The van der Waals surface area contributed by atoms with Gasteiger partial charge in [0.2, 0.25) is 11.8 Å². The Morgan fingerprint density at radius 1 is 1.11 bits per heavy atom. The zero-order valence-corrected chi connectivity index (χ0v) is 16.3. The van der Waals surface area contributed by atoms with E-state index in [1.807, 2.05) is 24.3 Å². The van der Waals surface area contributed by atoms with Crippen molar-refractivity contribution in [3.05, 3.63) is 29.8 Å². The van der Waals surface area contributed by atoms with Crippen LogP contribution in [0.2, 0.25) is 0 Å². The highest BCUT2D eigenvalue weighted by molar-refractivity contribution is 5.84. The highest BCUT2D eigenvalue weighted by Gasteiger charge is 2.60. The number of amides is 2. The van der Waals surface area contributed by atoms with Gasteiger partial charge in [-0.15, -0.1) is 0 Å². The number of hydrogen-bond acceptors (Lipinski definition) is 3. The molecule has 0 aliphatic heterocycles. The molecule has 2 unspecified atom stereocenters. The fraction of sp³-hybridized carbons (Fsp3) is 0.636. The molecule has 5 nitrogen and oxygen atoms in total. The summed E-state index contributed by atoms with van der Waals surface area (Å²) in [5.41, 5.74) is 0.756. The number of nitrogens with one attached hydrogen (secondary N) is 2. The molecule has 0 saturated heterocycles. The number of hydrogen-bond donors (Lipinski definition) is 2. The van der Waals surface area contributed by atoms with Crippen molar-refractivity contribution < 1.29 is 14.3 Å². The van der Waals surface area contributed by atoms with E-state index in [9.17, 15) is 9.59 Å². The van der Waals surface area contributed by atoms with E-state index in [0.29, 0.717) is 18.4 Å². The summed E-state index contributed by atoms with van der Waals surface area (Å²) in [6.07, 6.45) is 6.91. The van der Waals surface area contributed by atoms with E-state index in [2.05, 4.69) is 10.6 Å². The van der Waals surface area contributed by atoms with Gasteiger partial charge in [-0.25, -0.2) is 0 Å². The van der Waals surface area contributed by atoms with Crippen molar-refractivity contribution in [2.45, 2.75) is 57.4 Å². The van der Waals surface area contributed by atoms with E-state index in [-0.39, 0.29) is 22.8 Å². The van der Waals surface area contributed by atoms with E-state index in [1.165, 1.54) is 12.0 Å². The first-order valence-corrected chi connectivity index (χ1v) is 10.1. The lowest BCUT2D eigenvalue weighted by Gasteiger charge is -2.61. The molecule has 0 aromatic heterocycles. The van der Waals surface area contributed by atoms with Crippen molar-refractivity contribution in [3.63, 3.8) is 0 Å². The SMILES string of the molecule is COc1ccc(CCNC(=O)C23C[C@@H]4C[C@@H](CC(NC(C)=O)(C4)C2)C3)cc1. The minimum Gasteiger partial charge on any atom is -0.497 e. The molecule has 0 heterocycles. The summed E-state index contributed by atoms with van der Waals surface area (Å²) in [7, 11) is 1.66. The molecule has 146 valence electrons. The molecule has 4 saturated carbocycles. The quantitative estimate of drug-likeness (QED) is 0.809. The van der Waals surface area contributed by atoms with Crippen LogP contribution in [0, 0.1) is 17.3 Å². The molecule has 1 aromatic rings. The van der Waals surface area contributed by atoms with Crippen LogP contribution in [0.25, 0.3) is 0 Å². The molecule has 2 amide bonds. The van der Waals surface area contributed by atoms with Gasteiger partial charge in [-0.3, -0.25) is 9.59 Å². The zero-order valence-electron chi connectivity index (χ0n) is 16.3. The molecule has 1 aromatic carbocycles. The Morgan fingerprint density at radius 2 is 1.78 bits per heavy atom. The van der Waals surface area contributed by atoms with Crippen molar-refractivity contribution in [2.75, 3.05) is 13.7 Å². The molecule has 4 atom stereocenters. The molecule has 4 fully saturated rings. The Kier molecular flexibility index (Phi) is 4.65. The van der Waals surface area contributed by atoms with Gasteiger partial charge in [0.15, 0.2) is 0 Å². The summed E-state index contributed by atoms with van der Waals surface area (Å²) in [4.78, 5) is 24.9. The number of carbonyl (C=O) groups excluding carboxylic acids is 2. The van der Waals surface area contributed by atoms with Crippen molar-refractivity contribution in [3.8, 4) is 5.75 Å². The van der Waals surface area contributed by atoms with Gasteiger partial charge < -0.3 is 15.4 Å². The van der Waals surface area contributed by atoms with Crippen LogP contribution in [0.3, 0.4) is 0 Å². The average molecular weight is 370 g/mol. The molecule has 4 aliphatic rings. The third-order valence-corrected chi connectivity index (χ3v) is 6.84. The largest absolute Gasteiger partial charge is 0.497 e. The molecule has 2 N–H and O–H groups in total. The maximum Gasteiger partial charge on any atom is 0.226 e.